The smallest absolute Gasteiger partial charge is 0.400 e. The fourth-order valence-electron chi connectivity index (χ4n) is 2.54. The standard InChI is InChI=1S/C20H14F5N3O4/c1-8-10(3-2-4-11(8)26)19(27)28-32-20(29)12-6-5-9(31-12)7-30-18-16(24)14(22)13(21)15(23)17(18)25/h2-6H,7,26H2,1H3,(H2,27,28). The van der Waals surface area contributed by atoms with Gasteiger partial charge in [-0.15, -0.1) is 0 Å². The highest BCUT2D eigenvalue weighted by Gasteiger charge is 2.27. The van der Waals surface area contributed by atoms with E-state index in [1.54, 1.807) is 25.1 Å². The highest BCUT2D eigenvalue weighted by Crippen LogP contribution is 2.29. The van der Waals surface area contributed by atoms with Gasteiger partial charge in [0.05, 0.1) is 0 Å². The van der Waals surface area contributed by atoms with Crippen LogP contribution in [0.3, 0.4) is 0 Å². The summed E-state index contributed by atoms with van der Waals surface area (Å²) in [7, 11) is 0. The largest absolute Gasteiger partial charge is 0.479 e. The van der Waals surface area contributed by atoms with Crippen molar-refractivity contribution in [2.24, 2.45) is 10.9 Å². The molecule has 0 aliphatic carbocycles. The number of nitrogens with two attached hydrogens (primary N) is 2. The first kappa shape index (κ1) is 22.6. The van der Waals surface area contributed by atoms with Crippen LogP contribution in [0.2, 0.25) is 0 Å². The van der Waals surface area contributed by atoms with E-state index in [1.807, 2.05) is 0 Å². The summed E-state index contributed by atoms with van der Waals surface area (Å²) in [5, 5.41) is 3.51. The van der Waals surface area contributed by atoms with E-state index in [9.17, 15) is 26.7 Å². The molecule has 0 radical (unpaired) electrons. The number of carbonyl (C=O) groups excluding carboxylic acids is 1. The maximum absolute atomic E-state index is 13.6. The predicted octanol–water partition coefficient (Wildman–Crippen LogP) is 3.92. The van der Waals surface area contributed by atoms with Gasteiger partial charge in [-0.3, -0.25) is 0 Å². The van der Waals surface area contributed by atoms with Crippen molar-refractivity contribution in [1.82, 2.24) is 0 Å². The summed E-state index contributed by atoms with van der Waals surface area (Å²) >= 11 is 0. The van der Waals surface area contributed by atoms with E-state index in [2.05, 4.69) is 14.7 Å². The molecule has 1 heterocycles. The Morgan fingerprint density at radius 1 is 1.00 bits per heavy atom. The Balaban J connectivity index is 1.69. The maximum Gasteiger partial charge on any atom is 0.400 e. The number of furan rings is 1. The number of rotatable bonds is 6. The molecule has 0 aliphatic heterocycles. The van der Waals surface area contributed by atoms with Crippen LogP contribution < -0.4 is 16.2 Å². The van der Waals surface area contributed by atoms with Gasteiger partial charge in [0, 0.05) is 11.3 Å². The SMILES string of the molecule is Cc1c(N)cccc1/C(N)=N/OC(=O)c1ccc(COc2c(F)c(F)c(F)c(F)c2F)o1. The van der Waals surface area contributed by atoms with Crippen LogP contribution in [0.4, 0.5) is 27.6 Å². The highest BCUT2D eigenvalue weighted by atomic mass is 19.2. The van der Waals surface area contributed by atoms with Crippen LogP contribution in [0.5, 0.6) is 5.75 Å². The first-order chi connectivity index (χ1) is 15.1. The van der Waals surface area contributed by atoms with Crippen molar-refractivity contribution < 1.29 is 40.7 Å². The van der Waals surface area contributed by atoms with Gasteiger partial charge in [0.15, 0.2) is 11.6 Å². The molecule has 2 aromatic carbocycles. The van der Waals surface area contributed by atoms with Gasteiger partial charge in [-0.05, 0) is 30.7 Å². The van der Waals surface area contributed by atoms with Crippen molar-refractivity contribution in [1.29, 1.82) is 0 Å². The number of anilines is 1. The molecule has 32 heavy (non-hydrogen) atoms. The molecule has 12 heteroatoms. The predicted molar refractivity (Wildman–Crippen MR) is 101 cm³/mol. The van der Waals surface area contributed by atoms with E-state index in [4.69, 9.17) is 15.9 Å². The molecule has 1 aromatic heterocycles. The lowest BCUT2D eigenvalue weighted by Gasteiger charge is -2.09. The lowest BCUT2D eigenvalue weighted by Crippen LogP contribution is -2.17. The number of nitrogen functional groups attached to an aromatic ring is 1. The Morgan fingerprint density at radius 2 is 1.62 bits per heavy atom. The average molecular weight is 455 g/mol. The normalized spacial score (nSPS) is 11.5. The number of nitrogens with zero attached hydrogens (tertiary/aromatic N) is 1. The van der Waals surface area contributed by atoms with E-state index in [0.29, 0.717) is 16.8 Å². The number of hydrogen-bond acceptors (Lipinski definition) is 6. The zero-order chi connectivity index (χ0) is 23.6. The van der Waals surface area contributed by atoms with Crippen molar-refractivity contribution in [3.05, 3.63) is 82.1 Å². The van der Waals surface area contributed by atoms with Crippen LogP contribution in [0, 0.1) is 36.0 Å². The molecule has 3 rings (SSSR count). The van der Waals surface area contributed by atoms with E-state index in [0.717, 1.165) is 12.1 Å². The van der Waals surface area contributed by atoms with Crippen molar-refractivity contribution in [3.8, 4) is 5.75 Å². The zero-order valence-corrected chi connectivity index (χ0v) is 16.2. The Labute approximate surface area is 177 Å². The zero-order valence-electron chi connectivity index (χ0n) is 16.2. The third-order valence-corrected chi connectivity index (χ3v) is 4.27. The summed E-state index contributed by atoms with van der Waals surface area (Å²) in [6.07, 6.45) is 0. The lowest BCUT2D eigenvalue weighted by molar-refractivity contribution is 0.0475. The molecule has 3 aromatic rings. The summed E-state index contributed by atoms with van der Waals surface area (Å²) in [6.45, 7) is 0.942. The second kappa shape index (κ2) is 8.96. The maximum atomic E-state index is 13.6. The first-order valence-electron chi connectivity index (χ1n) is 8.75. The number of carbonyl (C=O) groups is 1. The van der Waals surface area contributed by atoms with Crippen molar-refractivity contribution in [2.75, 3.05) is 5.73 Å². The quantitative estimate of drug-likeness (QED) is 0.0852. The first-order valence-corrected chi connectivity index (χ1v) is 8.75. The van der Waals surface area contributed by atoms with Gasteiger partial charge in [0.25, 0.3) is 0 Å². The van der Waals surface area contributed by atoms with Crippen LogP contribution in [0.1, 0.15) is 27.4 Å². The van der Waals surface area contributed by atoms with E-state index >= 15 is 0 Å². The van der Waals surface area contributed by atoms with E-state index < -0.39 is 47.4 Å². The van der Waals surface area contributed by atoms with Gasteiger partial charge >= 0.3 is 5.97 Å². The molecule has 0 saturated carbocycles. The Morgan fingerprint density at radius 3 is 2.28 bits per heavy atom. The third-order valence-electron chi connectivity index (χ3n) is 4.27. The Bertz CT molecular complexity index is 1200. The van der Waals surface area contributed by atoms with Crippen LogP contribution in [0.25, 0.3) is 0 Å². The molecule has 0 fully saturated rings. The molecule has 4 N–H and O–H groups in total. The summed E-state index contributed by atoms with van der Waals surface area (Å²) < 4.78 is 76.4. The number of ether oxygens (including phenoxy) is 1. The van der Waals surface area contributed by atoms with Gasteiger partial charge in [-0.1, -0.05) is 17.3 Å². The summed E-state index contributed by atoms with van der Waals surface area (Å²) in [5.41, 5.74) is 13.1. The monoisotopic (exact) mass is 455 g/mol. The van der Waals surface area contributed by atoms with Gasteiger partial charge in [0.2, 0.25) is 34.8 Å². The Kier molecular flexibility index (Phi) is 6.32. The number of hydrogen-bond donors (Lipinski definition) is 2. The van der Waals surface area contributed by atoms with Gasteiger partial charge in [0.1, 0.15) is 12.4 Å². The fourth-order valence-corrected chi connectivity index (χ4v) is 2.54. The Hall–Kier alpha value is -4.09. The second-order valence-electron chi connectivity index (χ2n) is 6.33. The molecule has 0 saturated heterocycles. The molecule has 0 atom stereocenters. The number of halogens is 5. The molecule has 7 nitrogen and oxygen atoms in total. The molecule has 0 bridgehead atoms. The molecule has 0 spiro atoms. The average Bonchev–Trinajstić information content (AvgIpc) is 3.25. The van der Waals surface area contributed by atoms with E-state index in [-0.39, 0.29) is 17.4 Å². The van der Waals surface area contributed by atoms with Gasteiger partial charge in [-0.25, -0.2) is 18.0 Å². The fraction of sp³-hybridized carbons (Fsp3) is 0.100. The van der Waals surface area contributed by atoms with E-state index in [1.165, 1.54) is 0 Å². The van der Waals surface area contributed by atoms with Crippen molar-refractivity contribution >= 4 is 17.5 Å². The molecule has 0 amide bonds. The molecular weight excluding hydrogens is 441 g/mol. The van der Waals surface area contributed by atoms with Gasteiger partial charge in [-0.2, -0.15) is 8.78 Å². The summed E-state index contributed by atoms with van der Waals surface area (Å²) in [5.74, 6) is -14.2. The van der Waals surface area contributed by atoms with Crippen molar-refractivity contribution in [3.63, 3.8) is 0 Å². The summed E-state index contributed by atoms with van der Waals surface area (Å²) in [4.78, 5) is 16.7. The summed E-state index contributed by atoms with van der Waals surface area (Å²) in [6, 6.07) is 7.18. The topological polar surface area (TPSA) is 113 Å². The second-order valence-corrected chi connectivity index (χ2v) is 6.33. The van der Waals surface area contributed by atoms with Crippen LogP contribution in [-0.2, 0) is 11.4 Å². The molecule has 0 aliphatic rings. The van der Waals surface area contributed by atoms with Crippen LogP contribution in [0.15, 0.2) is 39.9 Å². The third kappa shape index (κ3) is 4.33. The number of benzene rings is 2. The van der Waals surface area contributed by atoms with Gasteiger partial charge < -0.3 is 25.5 Å². The molecular formula is C20H14F5N3O4. The minimum atomic E-state index is -2.32. The molecule has 168 valence electrons. The minimum Gasteiger partial charge on any atom is -0.479 e. The minimum absolute atomic E-state index is 0.135. The number of amidine groups is 1. The van der Waals surface area contributed by atoms with Crippen molar-refractivity contribution in [2.45, 2.75) is 13.5 Å². The number of oxime groups is 1. The lowest BCUT2D eigenvalue weighted by atomic mass is 10.1. The van der Waals surface area contributed by atoms with Crippen LogP contribution in [-0.4, -0.2) is 11.8 Å². The van der Waals surface area contributed by atoms with Crippen LogP contribution >= 0.6 is 0 Å². The highest BCUT2D eigenvalue weighted by molar-refractivity contribution is 6.00. The molecule has 0 unspecified atom stereocenters.